The molecule has 0 heterocycles. The number of benzene rings is 1. The van der Waals surface area contributed by atoms with Gasteiger partial charge in [-0.1, -0.05) is 17.7 Å². The van der Waals surface area contributed by atoms with Gasteiger partial charge in [0.25, 0.3) is 5.91 Å². The fourth-order valence-electron chi connectivity index (χ4n) is 1.58. The number of hydrogen-bond donors (Lipinski definition) is 1. The number of rotatable bonds is 7. The molecule has 0 saturated heterocycles. The molecular weight excluding hydrogens is 282 g/mol. The molecular formula is C14H16ClNO4. The summed E-state index contributed by atoms with van der Waals surface area (Å²) in [6.07, 6.45) is 1.47. The van der Waals surface area contributed by atoms with Gasteiger partial charge in [-0.2, -0.15) is 0 Å². The van der Waals surface area contributed by atoms with Gasteiger partial charge in [0.15, 0.2) is 6.61 Å². The summed E-state index contributed by atoms with van der Waals surface area (Å²) in [5.41, 5.74) is 0.804. The number of carboxylic acid groups (broad SMARTS) is 1. The Hall–Kier alpha value is -2.01. The normalized spacial score (nSPS) is 9.90. The van der Waals surface area contributed by atoms with Crippen LogP contribution in [0.3, 0.4) is 0 Å². The fraction of sp³-hybridized carbons (Fsp3) is 0.286. The zero-order valence-corrected chi connectivity index (χ0v) is 11.9. The standard InChI is InChI=1S/C14H16ClNO4/c1-3-6-16(8-14(18)19)13(17)9-20-12-5-4-11(15)7-10(12)2/h3-5,7H,1,6,8-9H2,2H3,(H,18,19). The van der Waals surface area contributed by atoms with Crippen LogP contribution in [0, 0.1) is 6.92 Å². The number of carbonyl (C=O) groups excluding carboxylic acids is 1. The molecule has 0 aliphatic rings. The molecule has 1 amide bonds. The molecule has 1 aromatic carbocycles. The molecule has 5 nitrogen and oxygen atoms in total. The number of halogens is 1. The molecule has 1 aromatic rings. The lowest BCUT2D eigenvalue weighted by Crippen LogP contribution is -2.38. The average Bonchev–Trinajstić information content (AvgIpc) is 2.36. The molecule has 108 valence electrons. The lowest BCUT2D eigenvalue weighted by Gasteiger charge is -2.19. The van der Waals surface area contributed by atoms with E-state index in [1.165, 1.54) is 6.08 Å². The quantitative estimate of drug-likeness (QED) is 0.783. The van der Waals surface area contributed by atoms with Gasteiger partial charge in [-0.15, -0.1) is 6.58 Å². The Morgan fingerprint density at radius 3 is 2.75 bits per heavy atom. The Morgan fingerprint density at radius 2 is 2.20 bits per heavy atom. The number of aryl methyl sites for hydroxylation is 1. The highest BCUT2D eigenvalue weighted by Crippen LogP contribution is 2.21. The maximum atomic E-state index is 11.9. The van der Waals surface area contributed by atoms with Crippen LogP contribution < -0.4 is 4.74 Å². The molecule has 0 bridgehead atoms. The summed E-state index contributed by atoms with van der Waals surface area (Å²) in [5, 5.41) is 9.32. The van der Waals surface area contributed by atoms with Gasteiger partial charge in [0.1, 0.15) is 12.3 Å². The summed E-state index contributed by atoms with van der Waals surface area (Å²) >= 11 is 5.82. The summed E-state index contributed by atoms with van der Waals surface area (Å²) in [5.74, 6) is -0.957. The van der Waals surface area contributed by atoms with Gasteiger partial charge in [-0.25, -0.2) is 0 Å². The van der Waals surface area contributed by atoms with Crippen LogP contribution in [0.2, 0.25) is 5.02 Å². The van der Waals surface area contributed by atoms with Crippen LogP contribution in [0.25, 0.3) is 0 Å². The van der Waals surface area contributed by atoms with Crippen molar-refractivity contribution in [2.45, 2.75) is 6.92 Å². The van der Waals surface area contributed by atoms with E-state index < -0.39 is 11.9 Å². The number of hydrogen-bond acceptors (Lipinski definition) is 3. The Labute approximate surface area is 122 Å². The van der Waals surface area contributed by atoms with E-state index >= 15 is 0 Å². The third-order valence-electron chi connectivity index (χ3n) is 2.52. The first-order chi connectivity index (χ1) is 9.43. The predicted molar refractivity (Wildman–Crippen MR) is 76.1 cm³/mol. The number of ether oxygens (including phenoxy) is 1. The van der Waals surface area contributed by atoms with Gasteiger partial charge in [0, 0.05) is 11.6 Å². The number of amides is 1. The van der Waals surface area contributed by atoms with Crippen LogP contribution in [0.5, 0.6) is 5.75 Å². The molecule has 0 atom stereocenters. The number of carboxylic acids is 1. The highest BCUT2D eigenvalue weighted by molar-refractivity contribution is 6.30. The minimum Gasteiger partial charge on any atom is -0.483 e. The molecule has 0 fully saturated rings. The SMILES string of the molecule is C=CCN(CC(=O)O)C(=O)COc1ccc(Cl)cc1C. The van der Waals surface area contributed by atoms with Crippen molar-refractivity contribution in [3.05, 3.63) is 41.4 Å². The molecule has 20 heavy (non-hydrogen) atoms. The zero-order chi connectivity index (χ0) is 15.1. The van der Waals surface area contributed by atoms with Crippen LogP contribution >= 0.6 is 11.6 Å². The van der Waals surface area contributed by atoms with E-state index in [1.807, 2.05) is 6.92 Å². The first kappa shape index (κ1) is 16.0. The number of aliphatic carboxylic acids is 1. The summed E-state index contributed by atoms with van der Waals surface area (Å²) in [7, 11) is 0. The average molecular weight is 298 g/mol. The monoisotopic (exact) mass is 297 g/mol. The van der Waals surface area contributed by atoms with Crippen molar-refractivity contribution >= 4 is 23.5 Å². The maximum Gasteiger partial charge on any atom is 0.323 e. The summed E-state index contributed by atoms with van der Waals surface area (Å²) < 4.78 is 5.39. The second-order valence-corrected chi connectivity index (χ2v) is 4.59. The van der Waals surface area contributed by atoms with E-state index in [0.29, 0.717) is 10.8 Å². The van der Waals surface area contributed by atoms with E-state index in [0.717, 1.165) is 10.5 Å². The molecule has 0 unspecified atom stereocenters. The molecule has 6 heteroatoms. The predicted octanol–water partition coefficient (Wildman–Crippen LogP) is 2.13. The van der Waals surface area contributed by atoms with E-state index in [2.05, 4.69) is 6.58 Å². The highest BCUT2D eigenvalue weighted by Gasteiger charge is 2.16. The number of nitrogens with zero attached hydrogens (tertiary/aromatic N) is 1. The van der Waals surface area contributed by atoms with Crippen molar-refractivity contribution in [1.29, 1.82) is 0 Å². The molecule has 0 aliphatic carbocycles. The second kappa shape index (κ2) is 7.55. The molecule has 1 rings (SSSR count). The smallest absolute Gasteiger partial charge is 0.323 e. The minimum absolute atomic E-state index is 0.161. The molecule has 0 aliphatic heterocycles. The lowest BCUT2D eigenvalue weighted by molar-refractivity contribution is -0.144. The summed E-state index contributed by atoms with van der Waals surface area (Å²) in [6, 6.07) is 5.05. The Morgan fingerprint density at radius 1 is 1.50 bits per heavy atom. The molecule has 0 spiro atoms. The molecule has 0 saturated carbocycles. The second-order valence-electron chi connectivity index (χ2n) is 4.16. The van der Waals surface area contributed by atoms with Gasteiger partial charge in [0.05, 0.1) is 0 Å². The number of carbonyl (C=O) groups is 2. The third-order valence-corrected chi connectivity index (χ3v) is 2.75. The maximum absolute atomic E-state index is 11.9. The van der Waals surface area contributed by atoms with Gasteiger partial charge in [-0.3, -0.25) is 9.59 Å². The third kappa shape index (κ3) is 4.93. The molecule has 0 radical (unpaired) electrons. The lowest BCUT2D eigenvalue weighted by atomic mass is 10.2. The van der Waals surface area contributed by atoms with Crippen molar-refractivity contribution in [3.63, 3.8) is 0 Å². The van der Waals surface area contributed by atoms with Gasteiger partial charge in [0.2, 0.25) is 0 Å². The Balaban J connectivity index is 2.64. The minimum atomic E-state index is -1.08. The Kier molecular flexibility index (Phi) is 6.06. The topological polar surface area (TPSA) is 66.8 Å². The van der Waals surface area contributed by atoms with E-state index in [-0.39, 0.29) is 19.7 Å². The molecule has 0 aromatic heterocycles. The van der Waals surface area contributed by atoms with Gasteiger partial charge in [-0.05, 0) is 30.7 Å². The first-order valence-electron chi connectivity index (χ1n) is 5.93. The van der Waals surface area contributed by atoms with Crippen molar-refractivity contribution in [3.8, 4) is 5.75 Å². The summed E-state index contributed by atoms with van der Waals surface area (Å²) in [6.45, 7) is 4.85. The van der Waals surface area contributed by atoms with Crippen LogP contribution in [0.15, 0.2) is 30.9 Å². The molecule has 1 N–H and O–H groups in total. The zero-order valence-electron chi connectivity index (χ0n) is 11.1. The van der Waals surface area contributed by atoms with Crippen molar-refractivity contribution in [2.24, 2.45) is 0 Å². The van der Waals surface area contributed by atoms with Crippen molar-refractivity contribution in [1.82, 2.24) is 4.90 Å². The van der Waals surface area contributed by atoms with Crippen molar-refractivity contribution in [2.75, 3.05) is 19.7 Å². The van der Waals surface area contributed by atoms with Crippen LogP contribution in [-0.2, 0) is 9.59 Å². The van der Waals surface area contributed by atoms with Crippen molar-refractivity contribution < 1.29 is 19.4 Å². The Bertz CT molecular complexity index is 516. The first-order valence-corrected chi connectivity index (χ1v) is 6.31. The van der Waals surface area contributed by atoms with E-state index in [1.54, 1.807) is 18.2 Å². The van der Waals surface area contributed by atoms with E-state index in [9.17, 15) is 9.59 Å². The van der Waals surface area contributed by atoms with E-state index in [4.69, 9.17) is 21.4 Å². The van der Waals surface area contributed by atoms with Crippen LogP contribution in [0.4, 0.5) is 0 Å². The van der Waals surface area contributed by atoms with Gasteiger partial charge < -0.3 is 14.7 Å². The van der Waals surface area contributed by atoms with Crippen LogP contribution in [0.1, 0.15) is 5.56 Å². The largest absolute Gasteiger partial charge is 0.483 e. The van der Waals surface area contributed by atoms with Crippen LogP contribution in [-0.4, -0.2) is 41.6 Å². The van der Waals surface area contributed by atoms with Gasteiger partial charge >= 0.3 is 5.97 Å². The highest BCUT2D eigenvalue weighted by atomic mass is 35.5. The summed E-state index contributed by atoms with van der Waals surface area (Å²) in [4.78, 5) is 23.7. The fourth-order valence-corrected chi connectivity index (χ4v) is 1.81.